The predicted octanol–water partition coefficient (Wildman–Crippen LogP) is 4.68. The number of hydrogen-bond donors (Lipinski definition) is 2. The number of esters is 1. The molecular weight excluding hydrogens is 524 g/mol. The normalized spacial score (nSPS) is 17.2. The molecule has 9 nitrogen and oxygen atoms in total. The molecule has 0 radical (unpaired) electrons. The van der Waals surface area contributed by atoms with Crippen molar-refractivity contribution in [2.75, 3.05) is 23.0 Å². The van der Waals surface area contributed by atoms with E-state index in [2.05, 4.69) is 15.0 Å². The van der Waals surface area contributed by atoms with Gasteiger partial charge in [0, 0.05) is 23.1 Å². The van der Waals surface area contributed by atoms with Crippen LogP contribution in [-0.4, -0.2) is 37.8 Å². The largest absolute Gasteiger partial charge is 0.465 e. The Morgan fingerprint density at radius 1 is 1.05 bits per heavy atom. The van der Waals surface area contributed by atoms with Gasteiger partial charge in [-0.1, -0.05) is 18.2 Å². The van der Waals surface area contributed by atoms with E-state index in [1.54, 1.807) is 54.7 Å². The van der Waals surface area contributed by atoms with Gasteiger partial charge in [-0.15, -0.1) is 0 Å². The van der Waals surface area contributed by atoms with Crippen molar-refractivity contribution in [1.82, 2.24) is 10.3 Å². The lowest BCUT2D eigenvalue weighted by Crippen LogP contribution is -2.29. The lowest BCUT2D eigenvalue weighted by atomic mass is 10.0. The summed E-state index contributed by atoms with van der Waals surface area (Å²) in [6, 6.07) is 22.7. The smallest absolute Gasteiger partial charge is 0.337 e. The monoisotopic (exact) mass is 548 g/mol. The van der Waals surface area contributed by atoms with Crippen LogP contribution in [0, 0.1) is 0 Å². The standard InChI is InChI=1S/C27H24N4O5S2/c1-35-26(32)18-8-6-17(7-9-18)22-14-15-23(36-22)25-24(21-5-3-4-16-28-21)29-27(37)31(25)20-12-10-19(11-13-20)30-38(2,33)34/h3-16,24-25,30H,1-2H3,(H,29,37)/t24-,25+/m1/s1. The number of benzene rings is 2. The fourth-order valence-electron chi connectivity index (χ4n) is 4.38. The molecule has 3 heterocycles. The second-order valence-electron chi connectivity index (χ2n) is 8.69. The van der Waals surface area contributed by atoms with Crippen LogP contribution in [0.4, 0.5) is 11.4 Å². The van der Waals surface area contributed by atoms with E-state index >= 15 is 0 Å². The van der Waals surface area contributed by atoms with E-state index in [9.17, 15) is 13.2 Å². The van der Waals surface area contributed by atoms with Crippen LogP contribution in [0.3, 0.4) is 0 Å². The van der Waals surface area contributed by atoms with Crippen molar-refractivity contribution in [3.05, 3.63) is 102 Å². The number of rotatable bonds is 7. The quantitative estimate of drug-likeness (QED) is 0.251. The van der Waals surface area contributed by atoms with Gasteiger partial charge in [-0.3, -0.25) is 9.71 Å². The van der Waals surface area contributed by atoms with Crippen LogP contribution in [0.5, 0.6) is 0 Å². The van der Waals surface area contributed by atoms with Crippen molar-refractivity contribution in [2.45, 2.75) is 12.1 Å². The van der Waals surface area contributed by atoms with E-state index in [0.29, 0.717) is 27.9 Å². The number of hydrogen-bond acceptors (Lipinski definition) is 7. The van der Waals surface area contributed by atoms with E-state index in [-0.39, 0.29) is 12.1 Å². The molecule has 1 fully saturated rings. The average molecular weight is 549 g/mol. The zero-order valence-electron chi connectivity index (χ0n) is 20.5. The molecule has 0 aliphatic carbocycles. The minimum absolute atomic E-state index is 0.307. The first kappa shape index (κ1) is 25.4. The summed E-state index contributed by atoms with van der Waals surface area (Å²) >= 11 is 5.74. The minimum Gasteiger partial charge on any atom is -0.465 e. The Labute approximate surface area is 225 Å². The summed E-state index contributed by atoms with van der Waals surface area (Å²) in [6.45, 7) is 0. The first-order valence-electron chi connectivity index (χ1n) is 11.6. The Morgan fingerprint density at radius 3 is 2.42 bits per heavy atom. The molecule has 0 saturated carbocycles. The average Bonchev–Trinajstić information content (AvgIpc) is 3.53. The number of nitrogens with zero attached hydrogens (tertiary/aromatic N) is 2. The summed E-state index contributed by atoms with van der Waals surface area (Å²) in [5, 5.41) is 3.85. The van der Waals surface area contributed by atoms with Crippen molar-refractivity contribution < 1.29 is 22.4 Å². The fourth-order valence-corrected chi connectivity index (χ4v) is 5.29. The molecule has 0 spiro atoms. The zero-order valence-corrected chi connectivity index (χ0v) is 22.1. The van der Waals surface area contributed by atoms with Gasteiger partial charge in [-0.2, -0.15) is 0 Å². The molecule has 2 aromatic carbocycles. The lowest BCUT2D eigenvalue weighted by Gasteiger charge is -2.26. The molecule has 2 aromatic heterocycles. The second-order valence-corrected chi connectivity index (χ2v) is 10.8. The van der Waals surface area contributed by atoms with Gasteiger partial charge in [-0.25, -0.2) is 13.2 Å². The van der Waals surface area contributed by atoms with E-state index < -0.39 is 16.0 Å². The Balaban J connectivity index is 1.51. The van der Waals surface area contributed by atoms with E-state index in [1.165, 1.54) is 7.11 Å². The number of aromatic nitrogens is 1. The molecule has 1 saturated heterocycles. The van der Waals surface area contributed by atoms with Gasteiger partial charge in [0.15, 0.2) is 5.11 Å². The molecule has 0 unspecified atom stereocenters. The van der Waals surface area contributed by atoms with Crippen LogP contribution in [0.15, 0.2) is 89.5 Å². The number of methoxy groups -OCH3 is 1. The van der Waals surface area contributed by atoms with Crippen molar-refractivity contribution in [2.24, 2.45) is 0 Å². The predicted molar refractivity (Wildman–Crippen MR) is 148 cm³/mol. The highest BCUT2D eigenvalue weighted by Crippen LogP contribution is 2.43. The Hall–Kier alpha value is -4.22. The number of anilines is 2. The summed E-state index contributed by atoms with van der Waals surface area (Å²) in [4.78, 5) is 18.3. The van der Waals surface area contributed by atoms with Gasteiger partial charge in [0.05, 0.1) is 30.7 Å². The number of thiocarbonyl (C=S) groups is 1. The first-order chi connectivity index (χ1) is 18.2. The molecule has 2 atom stereocenters. The van der Waals surface area contributed by atoms with Crippen LogP contribution < -0.4 is 14.9 Å². The Bertz CT molecular complexity index is 1570. The number of pyridine rings is 1. The van der Waals surface area contributed by atoms with E-state index in [4.69, 9.17) is 21.4 Å². The second kappa shape index (κ2) is 10.3. The maximum absolute atomic E-state index is 11.8. The van der Waals surface area contributed by atoms with Crippen molar-refractivity contribution in [3.63, 3.8) is 0 Å². The van der Waals surface area contributed by atoms with Crippen LogP contribution in [0.2, 0.25) is 0 Å². The van der Waals surface area contributed by atoms with Crippen LogP contribution in [-0.2, 0) is 14.8 Å². The molecule has 4 aromatic rings. The molecule has 1 aliphatic heterocycles. The number of furan rings is 1. The number of carbonyl (C=O) groups excluding carboxylic acids is 1. The van der Waals surface area contributed by atoms with Crippen LogP contribution >= 0.6 is 12.2 Å². The third-order valence-corrected chi connectivity index (χ3v) is 6.98. The molecule has 38 heavy (non-hydrogen) atoms. The van der Waals surface area contributed by atoms with Crippen LogP contribution in [0.1, 0.15) is 33.9 Å². The fraction of sp³-hybridized carbons (Fsp3) is 0.148. The molecule has 0 amide bonds. The lowest BCUT2D eigenvalue weighted by molar-refractivity contribution is 0.0600. The number of sulfonamides is 1. The van der Waals surface area contributed by atoms with Crippen molar-refractivity contribution in [1.29, 1.82) is 0 Å². The molecule has 2 N–H and O–H groups in total. The third kappa shape index (κ3) is 5.24. The van der Waals surface area contributed by atoms with Gasteiger partial charge in [0.1, 0.15) is 17.6 Å². The number of carbonyl (C=O) groups is 1. The van der Waals surface area contributed by atoms with E-state index in [0.717, 1.165) is 23.2 Å². The maximum Gasteiger partial charge on any atom is 0.337 e. The highest BCUT2D eigenvalue weighted by atomic mass is 32.2. The maximum atomic E-state index is 11.8. The minimum atomic E-state index is -3.40. The van der Waals surface area contributed by atoms with Crippen LogP contribution in [0.25, 0.3) is 11.3 Å². The first-order valence-corrected chi connectivity index (χ1v) is 13.9. The molecular formula is C27H24N4O5S2. The SMILES string of the molecule is COC(=O)c1ccc(-c2ccc([C@H]3[C@@H](c4ccccn4)NC(=S)N3c3ccc(NS(C)(=O)=O)cc3)o2)cc1. The summed E-state index contributed by atoms with van der Waals surface area (Å²) in [7, 11) is -2.06. The summed E-state index contributed by atoms with van der Waals surface area (Å²) in [6.07, 6.45) is 2.83. The third-order valence-electron chi connectivity index (χ3n) is 6.06. The molecule has 1 aliphatic rings. The summed E-state index contributed by atoms with van der Waals surface area (Å²) in [5.41, 5.74) is 3.24. The molecule has 5 rings (SSSR count). The topological polar surface area (TPSA) is 114 Å². The molecule has 0 bridgehead atoms. The highest BCUT2D eigenvalue weighted by Gasteiger charge is 2.42. The number of ether oxygens (including phenoxy) is 1. The Kier molecular flexibility index (Phi) is 6.87. The van der Waals surface area contributed by atoms with Crippen molar-refractivity contribution in [3.8, 4) is 11.3 Å². The number of nitrogens with one attached hydrogen (secondary N) is 2. The van der Waals surface area contributed by atoms with Gasteiger partial charge < -0.3 is 19.4 Å². The van der Waals surface area contributed by atoms with Gasteiger partial charge in [0.2, 0.25) is 10.0 Å². The Morgan fingerprint density at radius 2 is 1.79 bits per heavy atom. The summed E-state index contributed by atoms with van der Waals surface area (Å²) in [5.74, 6) is 0.869. The van der Waals surface area contributed by atoms with Gasteiger partial charge in [0.25, 0.3) is 0 Å². The highest BCUT2D eigenvalue weighted by molar-refractivity contribution is 7.92. The molecule has 194 valence electrons. The van der Waals surface area contributed by atoms with Gasteiger partial charge >= 0.3 is 5.97 Å². The van der Waals surface area contributed by atoms with Gasteiger partial charge in [-0.05, 0) is 72.9 Å². The summed E-state index contributed by atoms with van der Waals surface area (Å²) < 4.78 is 36.8. The van der Waals surface area contributed by atoms with E-state index in [1.807, 2.05) is 35.2 Å². The molecule has 11 heteroatoms. The zero-order chi connectivity index (χ0) is 26.9. The van der Waals surface area contributed by atoms with Crippen molar-refractivity contribution >= 4 is 44.7 Å².